The van der Waals surface area contributed by atoms with Crippen LogP contribution in [0.25, 0.3) is 168 Å². The van der Waals surface area contributed by atoms with Gasteiger partial charge in [0.25, 0.3) is 0 Å². The van der Waals surface area contributed by atoms with Gasteiger partial charge in [-0.1, -0.05) is 460 Å². The van der Waals surface area contributed by atoms with E-state index in [9.17, 15) is 14.4 Å². The predicted molar refractivity (Wildman–Crippen MR) is 580 cm³/mol. The third kappa shape index (κ3) is 17.4. The maximum Gasteiger partial charge on any atom is 0.193 e. The molecule has 0 N–H and O–H groups in total. The number of aromatic nitrogens is 3. The monoisotopic (exact) mass is 1810 g/mol. The first-order valence-corrected chi connectivity index (χ1v) is 48.3. The normalized spacial score (nSPS) is 13.1. The maximum absolute atomic E-state index is 13.4. The van der Waals surface area contributed by atoms with Gasteiger partial charge in [-0.05, 0) is 206 Å². The third-order valence-electron chi connectivity index (χ3n) is 28.5. The molecule has 0 atom stereocenters. The molecule has 6 nitrogen and oxygen atoms in total. The molecule has 21 aromatic rings. The number of nitrogens with zero attached hydrogens (tertiary/aromatic N) is 3. The molecule has 0 saturated carbocycles. The van der Waals surface area contributed by atoms with Crippen LogP contribution in [-0.4, -0.2) is 32.3 Å². The van der Waals surface area contributed by atoms with Crippen LogP contribution in [0.5, 0.6) is 0 Å². The smallest absolute Gasteiger partial charge is 0.193 e. The lowest BCUT2D eigenvalue weighted by Crippen LogP contribution is -2.30. The molecule has 3 aromatic heterocycles. The Morgan fingerprint density at radius 3 is 0.589 bits per heavy atom. The average Bonchev–Trinajstić information content (AvgIpc) is 0.738. The molecule has 0 unspecified atom stereocenters. The molecule has 0 spiro atoms. The van der Waals surface area contributed by atoms with Crippen LogP contribution < -0.4 is 0 Å². The molecule has 3 aliphatic carbocycles. The van der Waals surface area contributed by atoms with Crippen molar-refractivity contribution in [3.63, 3.8) is 0 Å². The van der Waals surface area contributed by atoms with Gasteiger partial charge in [0.05, 0.1) is 34.2 Å². The zero-order valence-corrected chi connectivity index (χ0v) is 79.3. The molecule has 0 aliphatic heterocycles. The summed E-state index contributed by atoms with van der Waals surface area (Å²) in [6, 6.07) is 171. The number of carbonyl (C=O) groups excluding carboxylic acids is 3. The number of hydrogen-bond acceptors (Lipinski definition) is 6. The van der Waals surface area contributed by atoms with Crippen LogP contribution in [0.4, 0.5) is 0 Å². The largest absolute Gasteiger partial charge is 0.289 e. The first-order chi connectivity index (χ1) is 68.9. The summed E-state index contributed by atoms with van der Waals surface area (Å²) in [7, 11) is 0. The maximum atomic E-state index is 13.4. The van der Waals surface area contributed by atoms with Crippen LogP contribution in [-0.2, 0) is 16.2 Å². The molecular weight excluding hydrogens is 1710 g/mol. The number of fused-ring (bicyclic) bond motifs is 6. The van der Waals surface area contributed by atoms with Gasteiger partial charge in [0.1, 0.15) is 0 Å². The molecule has 0 amide bonds. The Morgan fingerprint density at radius 1 is 0.128 bits per heavy atom. The second kappa shape index (κ2) is 37.5. The van der Waals surface area contributed by atoms with Crippen molar-refractivity contribution in [1.29, 1.82) is 0 Å². The second-order valence-electron chi connectivity index (χ2n) is 38.3. The van der Waals surface area contributed by atoms with E-state index in [1.165, 1.54) is 0 Å². The molecule has 24 rings (SSSR count). The van der Waals surface area contributed by atoms with Gasteiger partial charge < -0.3 is 0 Å². The van der Waals surface area contributed by atoms with E-state index in [1.807, 2.05) is 109 Å². The van der Waals surface area contributed by atoms with Crippen molar-refractivity contribution in [3.8, 4) is 168 Å². The van der Waals surface area contributed by atoms with Gasteiger partial charge in [-0.3, -0.25) is 14.4 Å². The Morgan fingerprint density at radius 2 is 0.305 bits per heavy atom. The molecule has 3 aliphatic rings. The van der Waals surface area contributed by atoms with Gasteiger partial charge in [-0.2, -0.15) is 0 Å². The quantitative estimate of drug-likeness (QED) is 0.102. The van der Waals surface area contributed by atoms with Gasteiger partial charge in [0.2, 0.25) is 0 Å². The van der Waals surface area contributed by atoms with Gasteiger partial charge >= 0.3 is 0 Å². The Hall–Kier alpha value is -17.6. The lowest BCUT2D eigenvalue weighted by molar-refractivity contribution is 0.102. The fourth-order valence-electron chi connectivity index (χ4n) is 20.8. The Bertz CT molecular complexity index is 8200. The zero-order valence-electron chi connectivity index (χ0n) is 79.3. The molecule has 0 fully saturated rings. The third-order valence-corrected chi connectivity index (χ3v) is 28.5. The van der Waals surface area contributed by atoms with Crippen molar-refractivity contribution >= 4 is 17.3 Å². The molecule has 672 valence electrons. The molecule has 6 heteroatoms. The summed E-state index contributed by atoms with van der Waals surface area (Å²) in [5.74, 6) is 0.320. The van der Waals surface area contributed by atoms with Crippen LogP contribution >= 0.6 is 0 Å². The van der Waals surface area contributed by atoms with E-state index in [2.05, 4.69) is 424 Å². The Balaban J connectivity index is 0.000000121. The summed E-state index contributed by atoms with van der Waals surface area (Å²) in [5, 5.41) is 0. The number of carbonyl (C=O) groups is 3. The summed E-state index contributed by atoms with van der Waals surface area (Å²) in [5.41, 5.74) is 43.2. The van der Waals surface area contributed by atoms with Gasteiger partial charge in [0, 0.05) is 83.0 Å². The molecular formula is C135H99N3O3. The summed E-state index contributed by atoms with van der Waals surface area (Å²) in [6.07, 6.45) is 0. The van der Waals surface area contributed by atoms with Gasteiger partial charge in [-0.25, -0.2) is 15.0 Å². The molecule has 0 radical (unpaired) electrons. The summed E-state index contributed by atoms with van der Waals surface area (Å²) in [4.78, 5) is 55.4. The summed E-state index contributed by atoms with van der Waals surface area (Å²) >= 11 is 0. The first kappa shape index (κ1) is 88.7. The first-order valence-electron chi connectivity index (χ1n) is 48.3. The van der Waals surface area contributed by atoms with E-state index in [-0.39, 0.29) is 33.6 Å². The zero-order chi connectivity index (χ0) is 95.9. The van der Waals surface area contributed by atoms with E-state index in [4.69, 9.17) is 15.0 Å². The Kier molecular flexibility index (Phi) is 23.6. The van der Waals surface area contributed by atoms with Crippen LogP contribution in [0.1, 0.15) is 123 Å². The van der Waals surface area contributed by atoms with E-state index in [0.717, 1.165) is 234 Å². The van der Waals surface area contributed by atoms with E-state index in [0.29, 0.717) is 0 Å². The van der Waals surface area contributed by atoms with E-state index >= 15 is 0 Å². The van der Waals surface area contributed by atoms with Crippen molar-refractivity contribution < 1.29 is 14.4 Å². The van der Waals surface area contributed by atoms with E-state index in [1.54, 1.807) is 0 Å². The SMILES string of the molecule is CC1(C)c2ccccc2C(=O)c2ccc(-c3ccc(-c4ccccc4-c4cc(-c5ccccc5)nc(-c5ccccc5)c4)cc3)cc21.CC1(C)c2ccccc2C(=O)c2ccc(-c3cccc(-c4ccc(-c5cc(-c6ccccc6)nc(-c6ccccc6)c5)cc4)c3)cc21.CC1(C)c2ccccc2C(=O)c2ccc(-c3cccc(-c4cccc(-c5cc(-c6ccccc6)nc(-c6ccccc6)c5)c4)c3)cc21. The summed E-state index contributed by atoms with van der Waals surface area (Å²) < 4.78 is 0. The molecule has 18 aromatic carbocycles. The molecule has 141 heavy (non-hydrogen) atoms. The number of pyridine rings is 3. The Labute approximate surface area is 824 Å². The van der Waals surface area contributed by atoms with E-state index < -0.39 is 0 Å². The molecule has 3 heterocycles. The fourth-order valence-corrected chi connectivity index (χ4v) is 20.8. The average molecular weight is 1810 g/mol. The highest BCUT2D eigenvalue weighted by Gasteiger charge is 2.40. The minimum Gasteiger partial charge on any atom is -0.289 e. The highest BCUT2D eigenvalue weighted by molar-refractivity contribution is 6.15. The van der Waals surface area contributed by atoms with Gasteiger partial charge in [0.15, 0.2) is 17.3 Å². The number of hydrogen-bond donors (Lipinski definition) is 0. The van der Waals surface area contributed by atoms with Crippen LogP contribution in [0.3, 0.4) is 0 Å². The standard InChI is InChI=1S/3C45H33NO/c1-45(2)40-22-10-9-21-38(40)44(47)39-24-23-36(27-41(39)45)34-19-11-17-32(25-34)33-18-12-20-35(26-33)37-28-42(30-13-5-3-6-14-30)46-43(29-37)31-15-7-4-8-16-31;1-45(2)40-20-12-11-19-38(40)44(47)39-26-25-34(27-41(39)45)30-21-23-31(24-22-30)36-17-9-10-18-37(36)35-28-42(32-13-5-3-6-14-32)46-43(29-35)33-15-7-4-8-16-33;1-45(2)40-19-10-9-18-38(40)44(47)39-25-24-36(27-41(39)45)35-17-11-16-34(26-35)30-20-22-31(23-21-30)37-28-42(32-12-5-3-6-13-32)46-43(29-37)33-14-7-4-8-15-33/h3*3-29H,1-2H3. The van der Waals surface area contributed by atoms with Crippen molar-refractivity contribution in [2.75, 3.05) is 0 Å². The minimum atomic E-state index is -0.274. The van der Waals surface area contributed by atoms with Gasteiger partial charge in [-0.15, -0.1) is 0 Å². The van der Waals surface area contributed by atoms with Crippen molar-refractivity contribution in [2.45, 2.75) is 57.8 Å². The van der Waals surface area contributed by atoms with Crippen LogP contribution in [0, 0.1) is 0 Å². The second-order valence-corrected chi connectivity index (χ2v) is 38.3. The fraction of sp³-hybridized carbons (Fsp3) is 0.0667. The predicted octanol–water partition coefficient (Wildman–Crippen LogP) is 33.9. The lowest BCUT2D eigenvalue weighted by Gasteiger charge is -2.34. The molecule has 0 bridgehead atoms. The van der Waals surface area contributed by atoms with Crippen LogP contribution in [0.2, 0.25) is 0 Å². The van der Waals surface area contributed by atoms with Crippen molar-refractivity contribution in [3.05, 3.63) is 558 Å². The highest BCUT2D eigenvalue weighted by Crippen LogP contribution is 2.49. The highest BCUT2D eigenvalue weighted by atomic mass is 16.1. The lowest BCUT2D eigenvalue weighted by atomic mass is 9.68. The topological polar surface area (TPSA) is 89.9 Å². The van der Waals surface area contributed by atoms with Crippen molar-refractivity contribution in [2.24, 2.45) is 0 Å². The van der Waals surface area contributed by atoms with Crippen LogP contribution in [0.15, 0.2) is 491 Å². The summed E-state index contributed by atoms with van der Waals surface area (Å²) in [6.45, 7) is 13.3. The number of rotatable bonds is 15. The number of benzene rings is 18. The number of ketones is 3. The van der Waals surface area contributed by atoms with Crippen molar-refractivity contribution in [1.82, 2.24) is 15.0 Å². The molecule has 0 saturated heterocycles. The minimum absolute atomic E-state index is 0.106.